The lowest BCUT2D eigenvalue weighted by atomic mass is 9.96. The Morgan fingerprint density at radius 2 is 1.96 bits per heavy atom. The second kappa shape index (κ2) is 12.5. The number of ether oxygens (including phenoxy) is 2. The molecule has 158 valence electrons. The molecular formula is C22H36IN3O2. The summed E-state index contributed by atoms with van der Waals surface area (Å²) in [6, 6.07) is 8.32. The van der Waals surface area contributed by atoms with E-state index < -0.39 is 0 Å². The highest BCUT2D eigenvalue weighted by Crippen LogP contribution is 2.28. The fourth-order valence-corrected chi connectivity index (χ4v) is 3.56. The van der Waals surface area contributed by atoms with E-state index in [0.717, 1.165) is 49.5 Å². The molecule has 1 aromatic rings. The molecule has 0 unspecified atom stereocenters. The summed E-state index contributed by atoms with van der Waals surface area (Å²) in [6.45, 7) is 6.50. The Kier molecular flexibility index (Phi) is 10.4. The van der Waals surface area contributed by atoms with E-state index in [1.807, 2.05) is 6.07 Å². The molecule has 5 nitrogen and oxygen atoms in total. The van der Waals surface area contributed by atoms with Gasteiger partial charge in [0.2, 0.25) is 0 Å². The lowest BCUT2D eigenvalue weighted by Crippen LogP contribution is -2.40. The van der Waals surface area contributed by atoms with Gasteiger partial charge in [-0.05, 0) is 57.4 Å². The van der Waals surface area contributed by atoms with Gasteiger partial charge in [0.15, 0.2) is 5.96 Å². The first-order chi connectivity index (χ1) is 13.3. The van der Waals surface area contributed by atoms with Gasteiger partial charge in [0.25, 0.3) is 0 Å². The molecule has 6 heteroatoms. The zero-order chi connectivity index (χ0) is 18.9. The zero-order valence-electron chi connectivity index (χ0n) is 17.4. The van der Waals surface area contributed by atoms with Gasteiger partial charge in [0.1, 0.15) is 5.75 Å². The van der Waals surface area contributed by atoms with E-state index in [1.165, 1.54) is 38.5 Å². The van der Waals surface area contributed by atoms with Crippen molar-refractivity contribution in [3.05, 3.63) is 29.8 Å². The van der Waals surface area contributed by atoms with Crippen LogP contribution in [0.15, 0.2) is 29.3 Å². The average Bonchev–Trinajstić information content (AvgIpc) is 2.67. The van der Waals surface area contributed by atoms with Crippen molar-refractivity contribution in [1.82, 2.24) is 10.2 Å². The second-order valence-electron chi connectivity index (χ2n) is 7.71. The topological polar surface area (TPSA) is 46.1 Å². The van der Waals surface area contributed by atoms with Crippen molar-refractivity contribution in [2.24, 2.45) is 10.9 Å². The van der Waals surface area contributed by atoms with E-state index in [4.69, 9.17) is 14.5 Å². The van der Waals surface area contributed by atoms with Crippen molar-refractivity contribution in [3.63, 3.8) is 0 Å². The van der Waals surface area contributed by atoms with Crippen LogP contribution in [0.2, 0.25) is 0 Å². The van der Waals surface area contributed by atoms with Crippen molar-refractivity contribution in [2.75, 3.05) is 33.4 Å². The number of guanidine groups is 1. The number of hydrogen-bond donors (Lipinski definition) is 1. The number of para-hydroxylation sites is 1. The maximum atomic E-state index is 6.15. The number of nitrogens with one attached hydrogen (secondary N) is 1. The van der Waals surface area contributed by atoms with Crippen LogP contribution in [-0.4, -0.2) is 50.3 Å². The number of aliphatic imine (C=N–C) groups is 1. The van der Waals surface area contributed by atoms with Gasteiger partial charge in [0, 0.05) is 38.9 Å². The average molecular weight is 501 g/mol. The first-order valence-electron chi connectivity index (χ1n) is 10.6. The smallest absolute Gasteiger partial charge is 0.193 e. The summed E-state index contributed by atoms with van der Waals surface area (Å²) in [7, 11) is 2.14. The molecule has 2 fully saturated rings. The quantitative estimate of drug-likeness (QED) is 0.325. The SMILES string of the molecule is CCNC(=NCc1ccccc1OC1CCC1)N(C)CCC1CCOCC1.I. The van der Waals surface area contributed by atoms with Crippen molar-refractivity contribution in [2.45, 2.75) is 58.1 Å². The lowest BCUT2D eigenvalue weighted by Gasteiger charge is -2.28. The van der Waals surface area contributed by atoms with E-state index in [0.29, 0.717) is 12.6 Å². The van der Waals surface area contributed by atoms with Gasteiger partial charge in [-0.2, -0.15) is 0 Å². The van der Waals surface area contributed by atoms with Crippen LogP contribution in [0, 0.1) is 5.92 Å². The Morgan fingerprint density at radius 1 is 1.21 bits per heavy atom. The molecule has 2 aliphatic rings. The van der Waals surface area contributed by atoms with E-state index in [9.17, 15) is 0 Å². The van der Waals surface area contributed by atoms with Gasteiger partial charge in [0.05, 0.1) is 12.6 Å². The Morgan fingerprint density at radius 3 is 2.64 bits per heavy atom. The zero-order valence-corrected chi connectivity index (χ0v) is 19.7. The second-order valence-corrected chi connectivity index (χ2v) is 7.71. The third-order valence-corrected chi connectivity index (χ3v) is 5.63. The third kappa shape index (κ3) is 7.10. The standard InChI is InChI=1S/C22H35N3O2.HI/c1-3-23-22(25(2)14-11-18-12-15-26-16-13-18)24-17-19-7-4-5-10-21(19)27-20-8-6-9-20;/h4-5,7,10,18,20H,3,6,8-9,11-17H2,1-2H3,(H,23,24);1H. The van der Waals surface area contributed by atoms with Gasteiger partial charge in [-0.3, -0.25) is 0 Å². The molecule has 3 rings (SSSR count). The minimum absolute atomic E-state index is 0. The van der Waals surface area contributed by atoms with Crippen LogP contribution in [0.3, 0.4) is 0 Å². The summed E-state index contributed by atoms with van der Waals surface area (Å²) >= 11 is 0. The van der Waals surface area contributed by atoms with Crippen LogP contribution in [0.4, 0.5) is 0 Å². The molecule has 1 heterocycles. The Labute approximate surface area is 187 Å². The predicted molar refractivity (Wildman–Crippen MR) is 126 cm³/mol. The summed E-state index contributed by atoms with van der Waals surface area (Å²) in [5.74, 6) is 2.75. The summed E-state index contributed by atoms with van der Waals surface area (Å²) in [5.41, 5.74) is 1.16. The Hall–Kier alpha value is -1.02. The van der Waals surface area contributed by atoms with Crippen molar-refractivity contribution in [3.8, 4) is 5.75 Å². The van der Waals surface area contributed by atoms with Crippen molar-refractivity contribution >= 4 is 29.9 Å². The van der Waals surface area contributed by atoms with E-state index in [1.54, 1.807) is 0 Å². The third-order valence-electron chi connectivity index (χ3n) is 5.63. The van der Waals surface area contributed by atoms with Crippen molar-refractivity contribution in [1.29, 1.82) is 0 Å². The highest BCUT2D eigenvalue weighted by atomic mass is 127. The normalized spacial score (nSPS) is 18.1. The monoisotopic (exact) mass is 501 g/mol. The molecule has 0 aromatic heterocycles. The largest absolute Gasteiger partial charge is 0.490 e. The van der Waals surface area contributed by atoms with Gasteiger partial charge in [-0.1, -0.05) is 18.2 Å². The fourth-order valence-electron chi connectivity index (χ4n) is 3.56. The molecule has 1 saturated heterocycles. The van der Waals surface area contributed by atoms with E-state index in [-0.39, 0.29) is 24.0 Å². The van der Waals surface area contributed by atoms with Crippen LogP contribution < -0.4 is 10.1 Å². The number of rotatable bonds is 8. The van der Waals surface area contributed by atoms with Crippen LogP contribution in [0.5, 0.6) is 5.75 Å². The molecule has 0 amide bonds. The van der Waals surface area contributed by atoms with Crippen LogP contribution in [0.1, 0.15) is 51.0 Å². The van der Waals surface area contributed by atoms with E-state index in [2.05, 4.69) is 42.4 Å². The molecule has 1 aliphatic carbocycles. The predicted octanol–water partition coefficient (Wildman–Crippen LogP) is 4.45. The van der Waals surface area contributed by atoms with E-state index >= 15 is 0 Å². The number of hydrogen-bond acceptors (Lipinski definition) is 3. The van der Waals surface area contributed by atoms with Gasteiger partial charge in [-0.15, -0.1) is 24.0 Å². The first kappa shape index (κ1) is 23.3. The van der Waals surface area contributed by atoms with Gasteiger partial charge >= 0.3 is 0 Å². The van der Waals surface area contributed by atoms with Crippen LogP contribution >= 0.6 is 24.0 Å². The van der Waals surface area contributed by atoms with Crippen LogP contribution in [0.25, 0.3) is 0 Å². The number of nitrogens with zero attached hydrogens (tertiary/aromatic N) is 2. The summed E-state index contributed by atoms with van der Waals surface area (Å²) in [5, 5.41) is 3.43. The highest BCUT2D eigenvalue weighted by molar-refractivity contribution is 14.0. The number of benzene rings is 1. The summed E-state index contributed by atoms with van der Waals surface area (Å²) in [4.78, 5) is 7.14. The molecule has 28 heavy (non-hydrogen) atoms. The maximum absolute atomic E-state index is 6.15. The van der Waals surface area contributed by atoms with Gasteiger partial charge in [-0.25, -0.2) is 4.99 Å². The van der Waals surface area contributed by atoms with Crippen molar-refractivity contribution < 1.29 is 9.47 Å². The highest BCUT2D eigenvalue weighted by Gasteiger charge is 2.20. The summed E-state index contributed by atoms with van der Waals surface area (Å²) in [6.07, 6.45) is 7.61. The van der Waals surface area contributed by atoms with Crippen LogP contribution in [-0.2, 0) is 11.3 Å². The molecule has 1 N–H and O–H groups in total. The Balaban J connectivity index is 0.00000280. The molecule has 1 aliphatic heterocycles. The number of halogens is 1. The molecule has 0 radical (unpaired) electrons. The minimum atomic E-state index is 0. The molecule has 0 bridgehead atoms. The molecule has 0 atom stereocenters. The van der Waals surface area contributed by atoms with Gasteiger partial charge < -0.3 is 19.7 Å². The lowest BCUT2D eigenvalue weighted by molar-refractivity contribution is 0.0625. The molecule has 1 aromatic carbocycles. The molecule has 0 spiro atoms. The Bertz CT molecular complexity index is 601. The molecular weight excluding hydrogens is 465 g/mol. The minimum Gasteiger partial charge on any atom is -0.490 e. The fraction of sp³-hybridized carbons (Fsp3) is 0.682. The summed E-state index contributed by atoms with van der Waals surface area (Å²) < 4.78 is 11.6. The first-order valence-corrected chi connectivity index (χ1v) is 10.6. The maximum Gasteiger partial charge on any atom is 0.193 e. The molecule has 1 saturated carbocycles.